The normalized spacial score (nSPS) is 10.3. The summed E-state index contributed by atoms with van der Waals surface area (Å²) in [6, 6.07) is 7.58. The standard InChI is InChI=1S/C15H15NO/c1-10-4-5-13(8-11(10)2)15(17)14-6-7-16-9-12(14)3/h4-9H,1-3H3. The molecule has 0 aliphatic rings. The number of pyridine rings is 1. The fourth-order valence-electron chi connectivity index (χ4n) is 1.77. The van der Waals surface area contributed by atoms with E-state index in [1.54, 1.807) is 18.5 Å². The maximum Gasteiger partial charge on any atom is 0.193 e. The summed E-state index contributed by atoms with van der Waals surface area (Å²) in [4.78, 5) is 16.3. The molecule has 0 aliphatic heterocycles. The van der Waals surface area contributed by atoms with E-state index in [-0.39, 0.29) is 5.78 Å². The maximum absolute atomic E-state index is 12.3. The van der Waals surface area contributed by atoms with E-state index in [9.17, 15) is 4.79 Å². The molecule has 0 radical (unpaired) electrons. The summed E-state index contributed by atoms with van der Waals surface area (Å²) in [5, 5.41) is 0. The lowest BCUT2D eigenvalue weighted by atomic mass is 9.98. The average Bonchev–Trinajstić information content (AvgIpc) is 2.32. The van der Waals surface area contributed by atoms with Gasteiger partial charge < -0.3 is 0 Å². The molecule has 0 bridgehead atoms. The van der Waals surface area contributed by atoms with Gasteiger partial charge in [-0.3, -0.25) is 9.78 Å². The highest BCUT2D eigenvalue weighted by atomic mass is 16.1. The summed E-state index contributed by atoms with van der Waals surface area (Å²) in [6.07, 6.45) is 3.37. The Kier molecular flexibility index (Phi) is 3.05. The second-order valence-electron chi connectivity index (χ2n) is 4.32. The zero-order valence-electron chi connectivity index (χ0n) is 10.3. The van der Waals surface area contributed by atoms with Crippen LogP contribution in [0.5, 0.6) is 0 Å². The molecule has 17 heavy (non-hydrogen) atoms. The quantitative estimate of drug-likeness (QED) is 0.734. The first-order valence-electron chi connectivity index (χ1n) is 5.62. The minimum Gasteiger partial charge on any atom is -0.289 e. The van der Waals surface area contributed by atoms with Crippen molar-refractivity contribution < 1.29 is 4.79 Å². The Hall–Kier alpha value is -1.96. The van der Waals surface area contributed by atoms with Crippen LogP contribution in [0.15, 0.2) is 36.7 Å². The summed E-state index contributed by atoms with van der Waals surface area (Å²) in [5.74, 6) is 0.0630. The highest BCUT2D eigenvalue weighted by molar-refractivity contribution is 6.09. The fourth-order valence-corrected chi connectivity index (χ4v) is 1.77. The van der Waals surface area contributed by atoms with Crippen LogP contribution < -0.4 is 0 Å². The first kappa shape index (κ1) is 11.5. The zero-order chi connectivity index (χ0) is 12.4. The predicted octanol–water partition coefficient (Wildman–Crippen LogP) is 3.24. The molecule has 1 heterocycles. The number of nitrogens with zero attached hydrogens (tertiary/aromatic N) is 1. The van der Waals surface area contributed by atoms with Crippen molar-refractivity contribution in [3.63, 3.8) is 0 Å². The van der Waals surface area contributed by atoms with Crippen LogP contribution in [-0.2, 0) is 0 Å². The predicted molar refractivity (Wildman–Crippen MR) is 68.3 cm³/mol. The summed E-state index contributed by atoms with van der Waals surface area (Å²) in [7, 11) is 0. The molecule has 0 aliphatic carbocycles. The summed E-state index contributed by atoms with van der Waals surface area (Å²) in [5.41, 5.74) is 4.72. The molecule has 1 aromatic heterocycles. The van der Waals surface area contributed by atoms with Crippen LogP contribution in [0.3, 0.4) is 0 Å². The Balaban J connectivity index is 2.44. The molecular formula is C15H15NO. The van der Waals surface area contributed by atoms with Crippen LogP contribution in [-0.4, -0.2) is 10.8 Å². The maximum atomic E-state index is 12.3. The van der Waals surface area contributed by atoms with Crippen LogP contribution in [0.25, 0.3) is 0 Å². The molecule has 2 rings (SSSR count). The van der Waals surface area contributed by atoms with Gasteiger partial charge in [0.2, 0.25) is 0 Å². The third-order valence-corrected chi connectivity index (χ3v) is 3.03. The Morgan fingerprint density at radius 1 is 1.00 bits per heavy atom. The Morgan fingerprint density at radius 3 is 2.41 bits per heavy atom. The number of ketones is 1. The molecule has 0 amide bonds. The highest BCUT2D eigenvalue weighted by Crippen LogP contribution is 2.16. The monoisotopic (exact) mass is 225 g/mol. The molecule has 2 heteroatoms. The van der Waals surface area contributed by atoms with E-state index >= 15 is 0 Å². The molecule has 86 valence electrons. The number of aromatic nitrogens is 1. The lowest BCUT2D eigenvalue weighted by molar-refractivity contribution is 0.103. The number of hydrogen-bond acceptors (Lipinski definition) is 2. The number of carbonyl (C=O) groups excluding carboxylic acids is 1. The van der Waals surface area contributed by atoms with E-state index in [0.717, 1.165) is 22.3 Å². The largest absolute Gasteiger partial charge is 0.289 e. The average molecular weight is 225 g/mol. The van der Waals surface area contributed by atoms with E-state index in [2.05, 4.69) is 4.98 Å². The second-order valence-corrected chi connectivity index (χ2v) is 4.32. The van der Waals surface area contributed by atoms with Gasteiger partial charge in [0, 0.05) is 23.5 Å². The van der Waals surface area contributed by atoms with Gasteiger partial charge in [-0.1, -0.05) is 12.1 Å². The molecule has 0 N–H and O–H groups in total. The molecule has 0 saturated heterocycles. The van der Waals surface area contributed by atoms with Crippen molar-refractivity contribution in [1.29, 1.82) is 0 Å². The minimum absolute atomic E-state index is 0.0630. The Morgan fingerprint density at radius 2 is 1.76 bits per heavy atom. The Bertz CT molecular complexity index is 573. The molecule has 1 aromatic carbocycles. The minimum atomic E-state index is 0.0630. The topological polar surface area (TPSA) is 30.0 Å². The number of hydrogen-bond donors (Lipinski definition) is 0. The van der Waals surface area contributed by atoms with E-state index in [0.29, 0.717) is 0 Å². The van der Waals surface area contributed by atoms with Crippen molar-refractivity contribution in [2.24, 2.45) is 0 Å². The first-order valence-corrected chi connectivity index (χ1v) is 5.62. The van der Waals surface area contributed by atoms with E-state index in [1.165, 1.54) is 5.56 Å². The van der Waals surface area contributed by atoms with Crippen LogP contribution in [0.4, 0.5) is 0 Å². The van der Waals surface area contributed by atoms with Crippen LogP contribution in [0, 0.1) is 20.8 Å². The van der Waals surface area contributed by atoms with Crippen molar-refractivity contribution in [2.45, 2.75) is 20.8 Å². The molecular weight excluding hydrogens is 210 g/mol. The van der Waals surface area contributed by atoms with Gasteiger partial charge in [-0.25, -0.2) is 0 Å². The van der Waals surface area contributed by atoms with Crippen molar-refractivity contribution >= 4 is 5.78 Å². The molecule has 0 fully saturated rings. The van der Waals surface area contributed by atoms with Gasteiger partial charge in [0.25, 0.3) is 0 Å². The number of rotatable bonds is 2. The van der Waals surface area contributed by atoms with Crippen molar-refractivity contribution in [2.75, 3.05) is 0 Å². The van der Waals surface area contributed by atoms with Crippen molar-refractivity contribution in [3.05, 3.63) is 64.5 Å². The van der Waals surface area contributed by atoms with Gasteiger partial charge in [0.05, 0.1) is 0 Å². The van der Waals surface area contributed by atoms with Crippen LogP contribution in [0.2, 0.25) is 0 Å². The third-order valence-electron chi connectivity index (χ3n) is 3.03. The summed E-state index contributed by atoms with van der Waals surface area (Å²) < 4.78 is 0. The van der Waals surface area contributed by atoms with E-state index < -0.39 is 0 Å². The van der Waals surface area contributed by atoms with Crippen molar-refractivity contribution in [3.8, 4) is 0 Å². The lowest BCUT2D eigenvalue weighted by Crippen LogP contribution is -2.04. The molecule has 2 nitrogen and oxygen atoms in total. The Labute approximate surface area is 101 Å². The second kappa shape index (κ2) is 4.50. The molecule has 0 spiro atoms. The SMILES string of the molecule is Cc1ccc(C(=O)c2ccncc2C)cc1C. The third kappa shape index (κ3) is 2.26. The van der Waals surface area contributed by atoms with Gasteiger partial charge in [-0.2, -0.15) is 0 Å². The zero-order valence-corrected chi connectivity index (χ0v) is 10.3. The summed E-state index contributed by atoms with van der Waals surface area (Å²) >= 11 is 0. The molecule has 0 atom stereocenters. The van der Waals surface area contributed by atoms with E-state index in [4.69, 9.17) is 0 Å². The highest BCUT2D eigenvalue weighted by Gasteiger charge is 2.11. The molecule has 2 aromatic rings. The lowest BCUT2D eigenvalue weighted by Gasteiger charge is -2.06. The number of aryl methyl sites for hydroxylation is 3. The molecule has 0 unspecified atom stereocenters. The van der Waals surface area contributed by atoms with Gasteiger partial charge in [0.1, 0.15) is 0 Å². The number of benzene rings is 1. The van der Waals surface area contributed by atoms with Gasteiger partial charge in [-0.15, -0.1) is 0 Å². The van der Waals surface area contributed by atoms with E-state index in [1.807, 2.05) is 39.0 Å². The van der Waals surface area contributed by atoms with Crippen LogP contribution in [0.1, 0.15) is 32.6 Å². The smallest absolute Gasteiger partial charge is 0.193 e. The van der Waals surface area contributed by atoms with Crippen molar-refractivity contribution in [1.82, 2.24) is 4.98 Å². The summed E-state index contributed by atoms with van der Waals surface area (Å²) in [6.45, 7) is 5.97. The fraction of sp³-hybridized carbons (Fsp3) is 0.200. The first-order chi connectivity index (χ1) is 8.09. The van der Waals surface area contributed by atoms with Gasteiger partial charge in [0.15, 0.2) is 5.78 Å². The van der Waals surface area contributed by atoms with Gasteiger partial charge >= 0.3 is 0 Å². The van der Waals surface area contributed by atoms with Gasteiger partial charge in [-0.05, 0) is 49.6 Å². The molecule has 0 saturated carbocycles. The number of carbonyl (C=O) groups is 1. The van der Waals surface area contributed by atoms with Crippen LogP contribution >= 0.6 is 0 Å².